The number of nitrogens with one attached hydrogen (secondary N) is 1. The molecule has 28 heavy (non-hydrogen) atoms. The second-order valence-corrected chi connectivity index (χ2v) is 6.19. The molecular formula is C18H19F3N2O5. The van der Waals surface area contributed by atoms with Crippen LogP contribution in [0.15, 0.2) is 28.9 Å². The van der Waals surface area contributed by atoms with Gasteiger partial charge in [0.05, 0.1) is 6.26 Å². The molecule has 2 heterocycles. The average molecular weight is 400 g/mol. The summed E-state index contributed by atoms with van der Waals surface area (Å²) in [6.07, 6.45) is -3.13. The van der Waals surface area contributed by atoms with Crippen molar-refractivity contribution in [3.8, 4) is 0 Å². The highest BCUT2D eigenvalue weighted by molar-refractivity contribution is 6.00. The van der Waals surface area contributed by atoms with Gasteiger partial charge in [-0.05, 0) is 39.0 Å². The summed E-state index contributed by atoms with van der Waals surface area (Å²) in [5, 5.41) is 2.35. The fourth-order valence-electron chi connectivity index (χ4n) is 2.58. The van der Waals surface area contributed by atoms with Gasteiger partial charge in [-0.1, -0.05) is 0 Å². The predicted octanol–water partition coefficient (Wildman–Crippen LogP) is 2.80. The standard InChI is InChI=1S/C18H19F3N2O5/c1-10-7-13(12(3)23(10)9-18(19,20)21)14(24)8-28-17(26)11(2)22-16(25)15-5-4-6-27-15/h4-7,11H,8-9H2,1-3H3,(H,22,25)/t11-/m0/s1. The third-order valence-corrected chi connectivity index (χ3v) is 4.00. The van der Waals surface area contributed by atoms with Crippen LogP contribution in [0, 0.1) is 13.8 Å². The van der Waals surface area contributed by atoms with E-state index >= 15 is 0 Å². The highest BCUT2D eigenvalue weighted by Crippen LogP contribution is 2.23. The van der Waals surface area contributed by atoms with Crippen LogP contribution in [0.1, 0.15) is 39.2 Å². The lowest BCUT2D eigenvalue weighted by Crippen LogP contribution is -2.40. The summed E-state index contributed by atoms with van der Waals surface area (Å²) >= 11 is 0. The van der Waals surface area contributed by atoms with Crippen LogP contribution >= 0.6 is 0 Å². The van der Waals surface area contributed by atoms with Crippen LogP contribution in [0.3, 0.4) is 0 Å². The lowest BCUT2D eigenvalue weighted by molar-refractivity contribution is -0.144. The fraction of sp³-hybridized carbons (Fsp3) is 0.389. The number of halogens is 3. The highest BCUT2D eigenvalue weighted by atomic mass is 19.4. The van der Waals surface area contributed by atoms with Crippen molar-refractivity contribution < 1.29 is 36.7 Å². The molecule has 1 amide bonds. The topological polar surface area (TPSA) is 90.5 Å². The Balaban J connectivity index is 1.95. The lowest BCUT2D eigenvalue weighted by atomic mass is 10.1. The number of carbonyl (C=O) groups excluding carboxylic acids is 3. The van der Waals surface area contributed by atoms with E-state index < -0.39 is 43.0 Å². The maximum atomic E-state index is 12.6. The van der Waals surface area contributed by atoms with Crippen LogP contribution in [0.2, 0.25) is 0 Å². The zero-order chi connectivity index (χ0) is 21.1. The predicted molar refractivity (Wildman–Crippen MR) is 90.9 cm³/mol. The van der Waals surface area contributed by atoms with E-state index in [1.165, 1.54) is 45.2 Å². The lowest BCUT2D eigenvalue weighted by Gasteiger charge is -2.13. The molecule has 7 nitrogen and oxygen atoms in total. The van der Waals surface area contributed by atoms with Crippen molar-refractivity contribution in [3.05, 3.63) is 47.2 Å². The monoisotopic (exact) mass is 400 g/mol. The smallest absolute Gasteiger partial charge is 0.406 e. The zero-order valence-corrected chi connectivity index (χ0v) is 15.4. The number of ketones is 1. The van der Waals surface area contributed by atoms with Crippen molar-refractivity contribution in [2.75, 3.05) is 6.61 Å². The number of aromatic nitrogens is 1. The third-order valence-electron chi connectivity index (χ3n) is 4.00. The zero-order valence-electron chi connectivity index (χ0n) is 15.4. The number of hydrogen-bond acceptors (Lipinski definition) is 5. The molecule has 152 valence electrons. The Morgan fingerprint density at radius 2 is 1.96 bits per heavy atom. The minimum Gasteiger partial charge on any atom is -0.459 e. The minimum absolute atomic E-state index is 0.00725. The number of esters is 1. The van der Waals surface area contributed by atoms with E-state index in [-0.39, 0.29) is 22.7 Å². The second kappa shape index (κ2) is 8.32. The molecule has 0 fully saturated rings. The largest absolute Gasteiger partial charge is 0.459 e. The summed E-state index contributed by atoms with van der Waals surface area (Å²) in [5.74, 6) is -2.12. The Bertz CT molecular complexity index is 869. The van der Waals surface area contributed by atoms with Gasteiger partial charge < -0.3 is 19.0 Å². The SMILES string of the molecule is Cc1cc(C(=O)COC(=O)[C@H](C)NC(=O)c2ccco2)c(C)n1CC(F)(F)F. The van der Waals surface area contributed by atoms with Gasteiger partial charge in [0, 0.05) is 17.0 Å². The number of rotatable bonds is 7. The van der Waals surface area contributed by atoms with E-state index in [0.29, 0.717) is 0 Å². The van der Waals surface area contributed by atoms with Gasteiger partial charge in [-0.15, -0.1) is 0 Å². The van der Waals surface area contributed by atoms with Gasteiger partial charge in [-0.25, -0.2) is 4.79 Å². The fourth-order valence-corrected chi connectivity index (χ4v) is 2.58. The van der Waals surface area contributed by atoms with Crippen LogP contribution in [0.5, 0.6) is 0 Å². The second-order valence-electron chi connectivity index (χ2n) is 6.19. The number of nitrogens with zero attached hydrogens (tertiary/aromatic N) is 1. The first kappa shape index (κ1) is 21.3. The first-order chi connectivity index (χ1) is 13.0. The van der Waals surface area contributed by atoms with Crippen molar-refractivity contribution in [1.29, 1.82) is 0 Å². The highest BCUT2D eigenvalue weighted by Gasteiger charge is 2.30. The molecule has 2 aromatic rings. The van der Waals surface area contributed by atoms with E-state index in [9.17, 15) is 27.6 Å². The number of carbonyl (C=O) groups is 3. The molecule has 2 aromatic heterocycles. The van der Waals surface area contributed by atoms with Crippen LogP contribution < -0.4 is 5.32 Å². The molecule has 0 aliphatic carbocycles. The molecule has 0 radical (unpaired) electrons. The summed E-state index contributed by atoms with van der Waals surface area (Å²) in [7, 11) is 0. The first-order valence-corrected chi connectivity index (χ1v) is 8.27. The number of aryl methyl sites for hydroxylation is 1. The maximum absolute atomic E-state index is 12.6. The van der Waals surface area contributed by atoms with Gasteiger partial charge in [0.1, 0.15) is 12.6 Å². The number of alkyl halides is 3. The van der Waals surface area contributed by atoms with E-state index in [1.54, 1.807) is 0 Å². The molecule has 0 aliphatic rings. The summed E-state index contributed by atoms with van der Waals surface area (Å²) in [4.78, 5) is 36.0. The van der Waals surface area contributed by atoms with Gasteiger partial charge in [0.2, 0.25) is 5.78 Å². The number of ether oxygens (including phenoxy) is 1. The molecule has 2 rings (SSSR count). The third kappa shape index (κ3) is 5.24. The van der Waals surface area contributed by atoms with Gasteiger partial charge in [-0.3, -0.25) is 9.59 Å². The van der Waals surface area contributed by atoms with Crippen molar-refractivity contribution in [3.63, 3.8) is 0 Å². The number of amides is 1. The molecule has 10 heteroatoms. The molecule has 0 unspecified atom stereocenters. The summed E-state index contributed by atoms with van der Waals surface area (Å²) in [6, 6.07) is 3.18. The molecule has 1 atom stereocenters. The van der Waals surface area contributed by atoms with Crippen molar-refractivity contribution in [2.45, 2.75) is 39.5 Å². The Labute approximate surface area is 158 Å². The Hall–Kier alpha value is -3.04. The molecule has 1 N–H and O–H groups in total. The number of Topliss-reactive ketones (excluding diaryl/α,β-unsaturated/α-hetero) is 1. The molecule has 0 aromatic carbocycles. The quantitative estimate of drug-likeness (QED) is 0.570. The Morgan fingerprint density at radius 3 is 2.54 bits per heavy atom. The van der Waals surface area contributed by atoms with E-state index in [1.807, 2.05) is 0 Å². The molecule has 0 bridgehead atoms. The van der Waals surface area contributed by atoms with Gasteiger partial charge >= 0.3 is 12.1 Å². The Morgan fingerprint density at radius 1 is 1.29 bits per heavy atom. The van der Waals surface area contributed by atoms with Gasteiger partial charge in [0.15, 0.2) is 12.4 Å². The minimum atomic E-state index is -4.43. The van der Waals surface area contributed by atoms with E-state index in [0.717, 1.165) is 4.57 Å². The number of furan rings is 1. The maximum Gasteiger partial charge on any atom is 0.406 e. The average Bonchev–Trinajstić information content (AvgIpc) is 3.22. The van der Waals surface area contributed by atoms with Crippen molar-refractivity contribution in [2.24, 2.45) is 0 Å². The van der Waals surface area contributed by atoms with E-state index in [4.69, 9.17) is 9.15 Å². The molecule has 0 spiro atoms. The van der Waals surface area contributed by atoms with E-state index in [2.05, 4.69) is 5.32 Å². The molecule has 0 saturated heterocycles. The first-order valence-electron chi connectivity index (χ1n) is 8.27. The molecule has 0 saturated carbocycles. The van der Waals surface area contributed by atoms with Gasteiger partial charge in [-0.2, -0.15) is 13.2 Å². The molecular weight excluding hydrogens is 381 g/mol. The van der Waals surface area contributed by atoms with Crippen LogP contribution in [0.4, 0.5) is 13.2 Å². The van der Waals surface area contributed by atoms with Crippen LogP contribution in [0.25, 0.3) is 0 Å². The Kier molecular flexibility index (Phi) is 6.32. The summed E-state index contributed by atoms with van der Waals surface area (Å²) in [6.45, 7) is 2.33. The van der Waals surface area contributed by atoms with Crippen LogP contribution in [-0.4, -0.2) is 41.1 Å². The van der Waals surface area contributed by atoms with Crippen LogP contribution in [-0.2, 0) is 16.1 Å². The summed E-state index contributed by atoms with van der Waals surface area (Å²) < 4.78 is 48.7. The normalized spacial score (nSPS) is 12.5. The van der Waals surface area contributed by atoms with Crippen molar-refractivity contribution in [1.82, 2.24) is 9.88 Å². The molecule has 0 aliphatic heterocycles. The van der Waals surface area contributed by atoms with Gasteiger partial charge in [0.25, 0.3) is 5.91 Å². The summed E-state index contributed by atoms with van der Waals surface area (Å²) in [5.41, 5.74) is 0.445. The van der Waals surface area contributed by atoms with Crippen molar-refractivity contribution >= 4 is 17.7 Å². The number of hydrogen-bond donors (Lipinski definition) is 1.